The number of nitrogens with one attached hydrogen (secondary N) is 1. The second kappa shape index (κ2) is 7.33. The van der Waals surface area contributed by atoms with Crippen molar-refractivity contribution >= 4 is 21.6 Å². The van der Waals surface area contributed by atoms with Gasteiger partial charge in [0.05, 0.1) is 20.3 Å². The van der Waals surface area contributed by atoms with E-state index in [0.717, 1.165) is 27.2 Å². The first-order valence-corrected chi connectivity index (χ1v) is 7.41. The molecule has 0 heterocycles. The summed E-state index contributed by atoms with van der Waals surface area (Å²) < 4.78 is 11.7. The number of hydrogen-bond acceptors (Lipinski definition) is 4. The largest absolute Gasteiger partial charge is 0.497 e. The Labute approximate surface area is 133 Å². The third kappa shape index (κ3) is 3.89. The van der Waals surface area contributed by atoms with Crippen LogP contribution in [0.5, 0.6) is 11.5 Å². The normalized spacial score (nSPS) is 11.8. The van der Waals surface area contributed by atoms with E-state index in [2.05, 4.69) is 21.2 Å². The van der Waals surface area contributed by atoms with Crippen LogP contribution in [0.15, 0.2) is 46.9 Å². The predicted molar refractivity (Wildman–Crippen MR) is 89.1 cm³/mol. The van der Waals surface area contributed by atoms with Crippen molar-refractivity contribution < 1.29 is 9.47 Å². The molecular weight excluding hydrogens is 332 g/mol. The Morgan fingerprint density at radius 3 is 2.57 bits per heavy atom. The highest BCUT2D eigenvalue weighted by Gasteiger charge is 2.15. The molecular formula is C16H19BrN2O2. The third-order valence-corrected chi connectivity index (χ3v) is 3.71. The second-order valence-electron chi connectivity index (χ2n) is 4.55. The molecule has 3 N–H and O–H groups in total. The van der Waals surface area contributed by atoms with Gasteiger partial charge in [0.25, 0.3) is 0 Å². The van der Waals surface area contributed by atoms with E-state index < -0.39 is 0 Å². The first-order chi connectivity index (χ1) is 10.2. The van der Waals surface area contributed by atoms with Gasteiger partial charge < -0.3 is 20.5 Å². The number of ether oxygens (including phenoxy) is 2. The maximum Gasteiger partial charge on any atom is 0.127 e. The maximum absolute atomic E-state index is 5.92. The summed E-state index contributed by atoms with van der Waals surface area (Å²) in [6, 6.07) is 13.7. The van der Waals surface area contributed by atoms with Crippen LogP contribution in [-0.2, 0) is 0 Å². The van der Waals surface area contributed by atoms with Crippen molar-refractivity contribution in [2.45, 2.75) is 6.04 Å². The number of halogens is 1. The Morgan fingerprint density at radius 1 is 1.14 bits per heavy atom. The lowest BCUT2D eigenvalue weighted by molar-refractivity contribution is 0.389. The van der Waals surface area contributed by atoms with Crippen LogP contribution in [0, 0.1) is 0 Å². The minimum Gasteiger partial charge on any atom is -0.497 e. The van der Waals surface area contributed by atoms with Crippen LogP contribution in [0.4, 0.5) is 5.69 Å². The molecule has 1 unspecified atom stereocenters. The highest BCUT2D eigenvalue weighted by Crippen LogP contribution is 2.31. The molecule has 0 saturated carbocycles. The van der Waals surface area contributed by atoms with E-state index >= 15 is 0 Å². The highest BCUT2D eigenvalue weighted by atomic mass is 79.9. The smallest absolute Gasteiger partial charge is 0.127 e. The van der Waals surface area contributed by atoms with Crippen molar-refractivity contribution in [3.8, 4) is 11.5 Å². The van der Waals surface area contributed by atoms with Crippen molar-refractivity contribution in [1.29, 1.82) is 0 Å². The Bertz CT molecular complexity index is 605. The van der Waals surface area contributed by atoms with Crippen molar-refractivity contribution in [1.82, 2.24) is 0 Å². The number of anilines is 1. The van der Waals surface area contributed by atoms with Gasteiger partial charge in [-0.3, -0.25) is 0 Å². The molecule has 0 aliphatic rings. The molecule has 0 amide bonds. The maximum atomic E-state index is 5.92. The summed E-state index contributed by atoms with van der Waals surface area (Å²) >= 11 is 3.46. The summed E-state index contributed by atoms with van der Waals surface area (Å²) in [5, 5.41) is 3.42. The Morgan fingerprint density at radius 2 is 1.95 bits per heavy atom. The van der Waals surface area contributed by atoms with E-state index in [1.807, 2.05) is 42.5 Å². The SMILES string of the molecule is COc1ccc(C(CN)Nc2cccc(Br)c2)c(OC)c1. The van der Waals surface area contributed by atoms with Gasteiger partial charge in [-0.25, -0.2) is 0 Å². The van der Waals surface area contributed by atoms with E-state index in [-0.39, 0.29) is 6.04 Å². The van der Waals surface area contributed by atoms with Gasteiger partial charge in [0.15, 0.2) is 0 Å². The van der Waals surface area contributed by atoms with E-state index in [1.165, 1.54) is 0 Å². The third-order valence-electron chi connectivity index (χ3n) is 3.22. The van der Waals surface area contributed by atoms with Gasteiger partial charge in [-0.15, -0.1) is 0 Å². The van der Waals surface area contributed by atoms with E-state index in [0.29, 0.717) is 6.54 Å². The number of methoxy groups -OCH3 is 2. The highest BCUT2D eigenvalue weighted by molar-refractivity contribution is 9.10. The van der Waals surface area contributed by atoms with Crippen LogP contribution in [0.2, 0.25) is 0 Å². The van der Waals surface area contributed by atoms with E-state index in [9.17, 15) is 0 Å². The van der Waals surface area contributed by atoms with Crippen molar-refractivity contribution in [3.05, 3.63) is 52.5 Å². The molecule has 2 rings (SSSR count). The topological polar surface area (TPSA) is 56.5 Å². The first-order valence-electron chi connectivity index (χ1n) is 6.62. The van der Waals surface area contributed by atoms with E-state index in [1.54, 1.807) is 14.2 Å². The van der Waals surface area contributed by atoms with Crippen LogP contribution in [0.1, 0.15) is 11.6 Å². The number of rotatable bonds is 6. The van der Waals surface area contributed by atoms with Crippen molar-refractivity contribution in [2.24, 2.45) is 5.73 Å². The van der Waals surface area contributed by atoms with Crippen molar-refractivity contribution in [3.63, 3.8) is 0 Å². The zero-order chi connectivity index (χ0) is 15.2. The minimum absolute atomic E-state index is 0.0415. The number of nitrogens with two attached hydrogens (primary N) is 1. The molecule has 0 saturated heterocycles. The molecule has 0 radical (unpaired) electrons. The number of benzene rings is 2. The van der Waals surface area contributed by atoms with Gasteiger partial charge in [0, 0.05) is 28.3 Å². The Hall–Kier alpha value is -1.72. The van der Waals surface area contributed by atoms with Gasteiger partial charge in [-0.05, 0) is 30.3 Å². The van der Waals surface area contributed by atoms with Crippen LogP contribution < -0.4 is 20.5 Å². The molecule has 0 aromatic heterocycles. The fourth-order valence-corrected chi connectivity index (χ4v) is 2.55. The monoisotopic (exact) mass is 350 g/mol. The molecule has 0 bridgehead atoms. The van der Waals surface area contributed by atoms with Gasteiger partial charge in [-0.1, -0.05) is 22.0 Å². The van der Waals surface area contributed by atoms with E-state index in [4.69, 9.17) is 15.2 Å². The van der Waals surface area contributed by atoms with Crippen LogP contribution >= 0.6 is 15.9 Å². The summed E-state index contributed by atoms with van der Waals surface area (Å²) in [6.45, 7) is 0.454. The lowest BCUT2D eigenvalue weighted by atomic mass is 10.0. The quantitative estimate of drug-likeness (QED) is 0.835. The zero-order valence-corrected chi connectivity index (χ0v) is 13.7. The number of hydrogen-bond donors (Lipinski definition) is 2. The first kappa shape index (κ1) is 15.7. The summed E-state index contributed by atoms with van der Waals surface area (Å²) in [4.78, 5) is 0. The van der Waals surface area contributed by atoms with Gasteiger partial charge in [0.2, 0.25) is 0 Å². The molecule has 2 aromatic carbocycles. The second-order valence-corrected chi connectivity index (χ2v) is 5.47. The molecule has 0 aliphatic heterocycles. The minimum atomic E-state index is -0.0415. The van der Waals surface area contributed by atoms with Crippen LogP contribution in [0.25, 0.3) is 0 Å². The van der Waals surface area contributed by atoms with Crippen LogP contribution in [0.3, 0.4) is 0 Å². The van der Waals surface area contributed by atoms with Gasteiger partial charge in [0.1, 0.15) is 11.5 Å². The molecule has 0 aliphatic carbocycles. The predicted octanol–water partition coefficient (Wildman–Crippen LogP) is 3.58. The van der Waals surface area contributed by atoms with Gasteiger partial charge >= 0.3 is 0 Å². The average molecular weight is 351 g/mol. The molecule has 0 fully saturated rings. The summed E-state index contributed by atoms with van der Waals surface area (Å²) in [6.07, 6.45) is 0. The molecule has 1 atom stereocenters. The summed E-state index contributed by atoms with van der Waals surface area (Å²) in [5.41, 5.74) is 7.92. The summed E-state index contributed by atoms with van der Waals surface area (Å²) in [7, 11) is 3.28. The molecule has 5 heteroatoms. The van der Waals surface area contributed by atoms with Crippen LogP contribution in [-0.4, -0.2) is 20.8 Å². The lowest BCUT2D eigenvalue weighted by Gasteiger charge is -2.21. The Balaban J connectivity index is 2.28. The molecule has 0 spiro atoms. The zero-order valence-electron chi connectivity index (χ0n) is 12.1. The lowest BCUT2D eigenvalue weighted by Crippen LogP contribution is -2.21. The molecule has 21 heavy (non-hydrogen) atoms. The molecule has 112 valence electrons. The molecule has 4 nitrogen and oxygen atoms in total. The average Bonchev–Trinajstić information content (AvgIpc) is 2.52. The molecule has 2 aromatic rings. The fraction of sp³-hybridized carbons (Fsp3) is 0.250. The Kier molecular flexibility index (Phi) is 5.47. The fourth-order valence-electron chi connectivity index (χ4n) is 2.15. The van der Waals surface area contributed by atoms with Gasteiger partial charge in [-0.2, -0.15) is 0 Å². The standard InChI is InChI=1S/C16H19BrN2O2/c1-20-13-6-7-14(16(9-13)21-2)15(10-18)19-12-5-3-4-11(17)8-12/h3-9,15,19H,10,18H2,1-2H3. The summed E-state index contributed by atoms with van der Waals surface area (Å²) in [5.74, 6) is 1.51. The van der Waals surface area contributed by atoms with Crippen molar-refractivity contribution in [2.75, 3.05) is 26.1 Å².